The zero-order chi connectivity index (χ0) is 17.7. The highest BCUT2D eigenvalue weighted by Gasteiger charge is 2.23. The van der Waals surface area contributed by atoms with E-state index in [0.29, 0.717) is 23.3 Å². The molecule has 24 heavy (non-hydrogen) atoms. The molecule has 5 nitrogen and oxygen atoms in total. The van der Waals surface area contributed by atoms with Gasteiger partial charge in [0.05, 0.1) is 24.4 Å². The Morgan fingerprint density at radius 2 is 2.12 bits per heavy atom. The highest BCUT2D eigenvalue weighted by atomic mass is 35.5. The SMILES string of the molecule is COc1ccc(NC(N)=NCC(C)(C)c2ncccc2C)cc1Cl. The lowest BCUT2D eigenvalue weighted by Crippen LogP contribution is -2.29. The average Bonchev–Trinajstić information content (AvgIpc) is 2.53. The van der Waals surface area contributed by atoms with Crippen LogP contribution in [0.2, 0.25) is 5.02 Å². The molecule has 1 aromatic heterocycles. The molecule has 2 rings (SSSR count). The Morgan fingerprint density at radius 3 is 2.75 bits per heavy atom. The van der Waals surface area contributed by atoms with Crippen molar-refractivity contribution in [3.8, 4) is 5.75 Å². The molecule has 0 bridgehead atoms. The molecule has 1 heterocycles. The van der Waals surface area contributed by atoms with E-state index in [4.69, 9.17) is 22.1 Å². The van der Waals surface area contributed by atoms with Crippen LogP contribution in [-0.2, 0) is 5.41 Å². The Balaban J connectivity index is 2.08. The first-order valence-electron chi connectivity index (χ1n) is 7.66. The van der Waals surface area contributed by atoms with Crippen molar-refractivity contribution < 1.29 is 4.74 Å². The summed E-state index contributed by atoms with van der Waals surface area (Å²) in [6.45, 7) is 6.77. The number of rotatable bonds is 5. The molecule has 0 saturated heterocycles. The van der Waals surface area contributed by atoms with Gasteiger partial charge in [-0.1, -0.05) is 31.5 Å². The number of anilines is 1. The number of guanidine groups is 1. The van der Waals surface area contributed by atoms with Gasteiger partial charge in [0, 0.05) is 17.3 Å². The lowest BCUT2D eigenvalue weighted by Gasteiger charge is -2.23. The van der Waals surface area contributed by atoms with Crippen molar-refractivity contribution in [2.75, 3.05) is 19.0 Å². The third-order valence-electron chi connectivity index (χ3n) is 3.72. The normalized spacial score (nSPS) is 12.1. The van der Waals surface area contributed by atoms with Crippen LogP contribution in [0.4, 0.5) is 5.69 Å². The number of methoxy groups -OCH3 is 1. The van der Waals surface area contributed by atoms with E-state index in [2.05, 4.69) is 42.1 Å². The minimum atomic E-state index is -0.213. The van der Waals surface area contributed by atoms with Crippen LogP contribution in [-0.4, -0.2) is 24.6 Å². The second-order valence-electron chi connectivity index (χ2n) is 6.23. The van der Waals surface area contributed by atoms with Gasteiger partial charge in [0.2, 0.25) is 0 Å². The van der Waals surface area contributed by atoms with E-state index in [-0.39, 0.29) is 5.41 Å². The van der Waals surface area contributed by atoms with Gasteiger partial charge >= 0.3 is 0 Å². The molecule has 1 aromatic carbocycles. The molecule has 3 N–H and O–H groups in total. The van der Waals surface area contributed by atoms with E-state index in [1.54, 1.807) is 25.4 Å². The van der Waals surface area contributed by atoms with Gasteiger partial charge in [-0.15, -0.1) is 0 Å². The summed E-state index contributed by atoms with van der Waals surface area (Å²) in [5, 5.41) is 3.55. The van der Waals surface area contributed by atoms with Crippen LogP contribution in [0.15, 0.2) is 41.5 Å². The quantitative estimate of drug-likeness (QED) is 0.638. The van der Waals surface area contributed by atoms with Gasteiger partial charge in [-0.05, 0) is 36.8 Å². The fraction of sp³-hybridized carbons (Fsp3) is 0.333. The van der Waals surface area contributed by atoms with Crippen molar-refractivity contribution in [2.24, 2.45) is 10.7 Å². The lowest BCUT2D eigenvalue weighted by molar-refractivity contribution is 0.415. The average molecular weight is 347 g/mol. The number of aliphatic imine (C=N–C) groups is 1. The predicted octanol–water partition coefficient (Wildman–Crippen LogP) is 3.76. The van der Waals surface area contributed by atoms with Crippen molar-refractivity contribution in [2.45, 2.75) is 26.2 Å². The molecule has 0 saturated carbocycles. The molecule has 0 spiro atoms. The Bertz CT molecular complexity index is 744. The van der Waals surface area contributed by atoms with Crippen LogP contribution in [0.5, 0.6) is 5.75 Å². The van der Waals surface area contributed by atoms with Crippen LogP contribution in [0.1, 0.15) is 25.1 Å². The predicted molar refractivity (Wildman–Crippen MR) is 100 cm³/mol. The summed E-state index contributed by atoms with van der Waals surface area (Å²) in [5.41, 5.74) is 8.71. The molecular weight excluding hydrogens is 324 g/mol. The van der Waals surface area contributed by atoms with E-state index < -0.39 is 0 Å². The summed E-state index contributed by atoms with van der Waals surface area (Å²) >= 11 is 6.11. The number of nitrogens with zero attached hydrogens (tertiary/aromatic N) is 2. The standard InChI is InChI=1S/C18H23ClN4O/c1-12-6-5-9-21-16(12)18(2,3)11-22-17(20)23-13-7-8-15(24-4)14(19)10-13/h5-10H,11H2,1-4H3,(H3,20,22,23). The molecule has 0 aliphatic heterocycles. The Kier molecular flexibility index (Phi) is 5.67. The van der Waals surface area contributed by atoms with Gasteiger partial charge in [-0.3, -0.25) is 9.98 Å². The number of benzene rings is 1. The van der Waals surface area contributed by atoms with Crippen LogP contribution < -0.4 is 15.8 Å². The minimum absolute atomic E-state index is 0.213. The summed E-state index contributed by atoms with van der Waals surface area (Å²) in [5.74, 6) is 0.947. The van der Waals surface area contributed by atoms with Gasteiger partial charge in [-0.25, -0.2) is 0 Å². The van der Waals surface area contributed by atoms with E-state index in [1.807, 2.05) is 12.1 Å². The zero-order valence-electron chi connectivity index (χ0n) is 14.4. The van der Waals surface area contributed by atoms with E-state index in [0.717, 1.165) is 16.9 Å². The maximum atomic E-state index is 6.11. The van der Waals surface area contributed by atoms with Crippen molar-refractivity contribution in [1.29, 1.82) is 0 Å². The minimum Gasteiger partial charge on any atom is -0.495 e. The summed E-state index contributed by atoms with van der Waals surface area (Å²) in [6, 6.07) is 9.34. The van der Waals surface area contributed by atoms with Gasteiger partial charge < -0.3 is 15.8 Å². The molecule has 0 fully saturated rings. The molecule has 0 unspecified atom stereocenters. The topological polar surface area (TPSA) is 72.5 Å². The number of ether oxygens (including phenoxy) is 1. The fourth-order valence-electron chi connectivity index (χ4n) is 2.48. The maximum Gasteiger partial charge on any atom is 0.193 e. The molecule has 0 aliphatic rings. The number of hydrogen-bond acceptors (Lipinski definition) is 3. The number of pyridine rings is 1. The first-order valence-corrected chi connectivity index (χ1v) is 8.04. The molecule has 128 valence electrons. The fourth-order valence-corrected chi connectivity index (χ4v) is 2.74. The first-order chi connectivity index (χ1) is 11.3. The zero-order valence-corrected chi connectivity index (χ0v) is 15.2. The molecule has 0 aliphatic carbocycles. The van der Waals surface area contributed by atoms with E-state index in [9.17, 15) is 0 Å². The molecule has 2 aromatic rings. The maximum absolute atomic E-state index is 6.11. The lowest BCUT2D eigenvalue weighted by atomic mass is 9.86. The smallest absolute Gasteiger partial charge is 0.193 e. The number of aromatic nitrogens is 1. The number of nitrogens with one attached hydrogen (secondary N) is 1. The van der Waals surface area contributed by atoms with Gasteiger partial charge in [0.25, 0.3) is 0 Å². The molecule has 0 radical (unpaired) electrons. The van der Waals surface area contributed by atoms with Gasteiger partial charge in [-0.2, -0.15) is 0 Å². The monoisotopic (exact) mass is 346 g/mol. The number of aryl methyl sites for hydroxylation is 1. The Labute approximate surface area is 147 Å². The summed E-state index contributed by atoms with van der Waals surface area (Å²) in [7, 11) is 1.58. The molecule has 6 heteroatoms. The Morgan fingerprint density at radius 1 is 1.38 bits per heavy atom. The van der Waals surface area contributed by atoms with Crippen LogP contribution >= 0.6 is 11.6 Å². The summed E-state index contributed by atoms with van der Waals surface area (Å²) < 4.78 is 5.13. The van der Waals surface area contributed by atoms with Gasteiger partial charge in [0.1, 0.15) is 5.75 Å². The third-order valence-corrected chi connectivity index (χ3v) is 4.01. The Hall–Kier alpha value is -2.27. The highest BCUT2D eigenvalue weighted by Crippen LogP contribution is 2.27. The molecule has 0 amide bonds. The molecule has 0 atom stereocenters. The number of hydrogen-bond donors (Lipinski definition) is 2. The highest BCUT2D eigenvalue weighted by molar-refractivity contribution is 6.32. The van der Waals surface area contributed by atoms with Crippen molar-refractivity contribution >= 4 is 23.2 Å². The van der Waals surface area contributed by atoms with Crippen LogP contribution in [0.3, 0.4) is 0 Å². The number of nitrogens with two attached hydrogens (primary N) is 1. The first kappa shape index (κ1) is 18.1. The second-order valence-corrected chi connectivity index (χ2v) is 6.64. The van der Waals surface area contributed by atoms with Crippen molar-refractivity contribution in [1.82, 2.24) is 4.98 Å². The van der Waals surface area contributed by atoms with Crippen molar-refractivity contribution in [3.05, 3.63) is 52.8 Å². The third kappa shape index (κ3) is 4.38. The van der Waals surface area contributed by atoms with E-state index >= 15 is 0 Å². The summed E-state index contributed by atoms with van der Waals surface area (Å²) in [4.78, 5) is 8.93. The van der Waals surface area contributed by atoms with Crippen molar-refractivity contribution in [3.63, 3.8) is 0 Å². The van der Waals surface area contributed by atoms with Gasteiger partial charge in [0.15, 0.2) is 5.96 Å². The van der Waals surface area contributed by atoms with E-state index in [1.165, 1.54) is 0 Å². The summed E-state index contributed by atoms with van der Waals surface area (Å²) in [6.07, 6.45) is 1.80. The number of halogens is 1. The largest absolute Gasteiger partial charge is 0.495 e. The molecular formula is C18H23ClN4O. The second kappa shape index (κ2) is 7.53. The van der Waals surface area contributed by atoms with Crippen LogP contribution in [0, 0.1) is 6.92 Å². The van der Waals surface area contributed by atoms with Crippen LogP contribution in [0.25, 0.3) is 0 Å².